The molecule has 3 N–H and O–H groups in total. The number of carbonyl (C=O) groups excluding carboxylic acids is 2. The molecule has 3 rings (SSSR count). The summed E-state index contributed by atoms with van der Waals surface area (Å²) in [6, 6.07) is 5.29. The molecule has 1 saturated heterocycles. The summed E-state index contributed by atoms with van der Waals surface area (Å²) in [6.45, 7) is 5.37. The lowest BCUT2D eigenvalue weighted by Gasteiger charge is -2.36. The minimum atomic E-state index is -0.697. The summed E-state index contributed by atoms with van der Waals surface area (Å²) in [4.78, 5) is 31.3. The van der Waals surface area contributed by atoms with Gasteiger partial charge in [0.25, 0.3) is 5.91 Å². The lowest BCUT2D eigenvalue weighted by Crippen LogP contribution is -2.55. The third kappa shape index (κ3) is 4.14. The van der Waals surface area contributed by atoms with Crippen LogP contribution in [0.3, 0.4) is 0 Å². The van der Waals surface area contributed by atoms with E-state index in [0.29, 0.717) is 25.1 Å². The number of amides is 2. The fourth-order valence-electron chi connectivity index (χ4n) is 3.50. The van der Waals surface area contributed by atoms with Gasteiger partial charge in [0.1, 0.15) is 0 Å². The Bertz CT molecular complexity index is 858. The molecule has 0 saturated carbocycles. The van der Waals surface area contributed by atoms with Crippen molar-refractivity contribution in [1.82, 2.24) is 20.1 Å². The molecule has 0 aliphatic carbocycles. The molecule has 1 aliphatic rings. The molecule has 1 aromatic carbocycles. The quantitative estimate of drug-likeness (QED) is 0.748. The molecule has 0 radical (unpaired) electrons. The number of piperidine rings is 1. The monoisotopic (exact) mass is 372 g/mol. The van der Waals surface area contributed by atoms with Gasteiger partial charge in [-0.05, 0) is 44.0 Å². The van der Waals surface area contributed by atoms with Crippen LogP contribution in [-0.4, -0.2) is 77.6 Å². The van der Waals surface area contributed by atoms with Gasteiger partial charge in [-0.25, -0.2) is 0 Å². The van der Waals surface area contributed by atoms with Crippen molar-refractivity contribution in [3.8, 4) is 0 Å². The summed E-state index contributed by atoms with van der Waals surface area (Å²) in [5.74, 6) is -0.174. The lowest BCUT2D eigenvalue weighted by molar-refractivity contribution is -0.130. The molecule has 1 aromatic heterocycles. The number of likely N-dealkylation sites (N-methyl/N-ethyl adjacent to an activating group) is 1. The Hall–Kier alpha value is -2.38. The van der Waals surface area contributed by atoms with Gasteiger partial charge in [-0.1, -0.05) is 0 Å². The highest BCUT2D eigenvalue weighted by atomic mass is 16.3. The SMILES string of the molecule is Cc1[nH]c2ccc(C(=O)N[C@@H]3CCN(CC(=O)N(C)C)C[C@H]3O)cc2c1C. The number of likely N-dealkylation sites (tertiary alicyclic amines) is 1. The van der Waals surface area contributed by atoms with Gasteiger partial charge >= 0.3 is 0 Å². The normalized spacial score (nSPS) is 20.6. The van der Waals surface area contributed by atoms with E-state index in [0.717, 1.165) is 22.2 Å². The number of nitrogens with one attached hydrogen (secondary N) is 2. The first-order valence-electron chi connectivity index (χ1n) is 9.26. The topological polar surface area (TPSA) is 88.7 Å². The molecule has 0 spiro atoms. The number of rotatable bonds is 4. The number of benzene rings is 1. The van der Waals surface area contributed by atoms with Gasteiger partial charge in [0, 0.05) is 49.3 Å². The largest absolute Gasteiger partial charge is 0.390 e. The average molecular weight is 372 g/mol. The van der Waals surface area contributed by atoms with E-state index in [-0.39, 0.29) is 24.4 Å². The van der Waals surface area contributed by atoms with Crippen LogP contribution in [0.1, 0.15) is 28.0 Å². The van der Waals surface area contributed by atoms with Crippen molar-refractivity contribution in [1.29, 1.82) is 0 Å². The van der Waals surface area contributed by atoms with Crippen LogP contribution in [0.15, 0.2) is 18.2 Å². The highest BCUT2D eigenvalue weighted by Crippen LogP contribution is 2.22. The summed E-state index contributed by atoms with van der Waals surface area (Å²) in [5, 5.41) is 14.4. The second-order valence-corrected chi connectivity index (χ2v) is 7.59. The van der Waals surface area contributed by atoms with E-state index < -0.39 is 6.10 Å². The highest BCUT2D eigenvalue weighted by molar-refractivity contribution is 5.99. The standard InChI is InChI=1S/C20H28N4O3/c1-12-13(2)21-16-6-5-14(9-15(12)16)20(27)22-17-7-8-24(10-18(17)25)11-19(26)23(3)4/h5-6,9,17-18,21,25H,7-8,10-11H2,1-4H3,(H,22,27)/t17-,18-/m1/s1. The fourth-order valence-corrected chi connectivity index (χ4v) is 3.50. The van der Waals surface area contributed by atoms with Crippen molar-refractivity contribution in [3.63, 3.8) is 0 Å². The Labute approximate surface area is 159 Å². The van der Waals surface area contributed by atoms with Gasteiger partial charge in [-0.15, -0.1) is 0 Å². The lowest BCUT2D eigenvalue weighted by atomic mass is 10.0. The van der Waals surface area contributed by atoms with Crippen LogP contribution in [-0.2, 0) is 4.79 Å². The van der Waals surface area contributed by atoms with Gasteiger partial charge in [-0.3, -0.25) is 14.5 Å². The molecule has 2 atom stereocenters. The van der Waals surface area contributed by atoms with E-state index in [2.05, 4.69) is 10.3 Å². The number of aryl methyl sites for hydroxylation is 2. The number of aromatic amines is 1. The summed E-state index contributed by atoms with van der Waals surface area (Å²) in [7, 11) is 3.44. The Balaban J connectivity index is 1.63. The zero-order valence-corrected chi connectivity index (χ0v) is 16.4. The Morgan fingerprint density at radius 3 is 2.74 bits per heavy atom. The molecule has 27 heavy (non-hydrogen) atoms. The number of H-pyrrole nitrogens is 1. The van der Waals surface area contributed by atoms with Crippen LogP contribution in [0.5, 0.6) is 0 Å². The van der Waals surface area contributed by atoms with Crippen molar-refractivity contribution in [2.45, 2.75) is 32.4 Å². The molecule has 7 heteroatoms. The van der Waals surface area contributed by atoms with Gasteiger partial charge in [0.2, 0.25) is 5.91 Å². The van der Waals surface area contributed by atoms with E-state index in [1.54, 1.807) is 25.1 Å². The number of fused-ring (bicyclic) bond motifs is 1. The number of carbonyl (C=O) groups is 2. The summed E-state index contributed by atoms with van der Waals surface area (Å²) < 4.78 is 0. The Morgan fingerprint density at radius 1 is 1.33 bits per heavy atom. The molecule has 146 valence electrons. The van der Waals surface area contributed by atoms with E-state index in [1.807, 2.05) is 30.9 Å². The molecule has 2 amide bonds. The van der Waals surface area contributed by atoms with Crippen LogP contribution in [0.2, 0.25) is 0 Å². The number of hydrogen-bond acceptors (Lipinski definition) is 4. The van der Waals surface area contributed by atoms with Crippen molar-refractivity contribution in [2.75, 3.05) is 33.7 Å². The van der Waals surface area contributed by atoms with Crippen molar-refractivity contribution in [2.24, 2.45) is 0 Å². The molecular weight excluding hydrogens is 344 g/mol. The summed E-state index contributed by atoms with van der Waals surface area (Å²) in [6.07, 6.45) is -0.0874. The van der Waals surface area contributed by atoms with Crippen molar-refractivity contribution >= 4 is 22.7 Å². The zero-order chi connectivity index (χ0) is 19.7. The molecule has 1 aliphatic heterocycles. The number of aromatic nitrogens is 1. The number of aliphatic hydroxyl groups is 1. The first-order chi connectivity index (χ1) is 12.8. The van der Waals surface area contributed by atoms with Gasteiger partial charge in [0.05, 0.1) is 18.7 Å². The minimum Gasteiger partial charge on any atom is -0.390 e. The van der Waals surface area contributed by atoms with E-state index in [4.69, 9.17) is 0 Å². The van der Waals surface area contributed by atoms with E-state index in [9.17, 15) is 14.7 Å². The van der Waals surface area contributed by atoms with Crippen LogP contribution in [0, 0.1) is 13.8 Å². The fraction of sp³-hybridized carbons (Fsp3) is 0.500. The maximum Gasteiger partial charge on any atom is 0.251 e. The molecule has 0 bridgehead atoms. The maximum atomic E-state index is 12.7. The smallest absolute Gasteiger partial charge is 0.251 e. The predicted octanol–water partition coefficient (Wildman–Crippen LogP) is 1.04. The Morgan fingerprint density at radius 2 is 2.07 bits per heavy atom. The molecule has 1 fully saturated rings. The number of nitrogens with zero attached hydrogens (tertiary/aromatic N) is 2. The van der Waals surface area contributed by atoms with E-state index in [1.165, 1.54) is 0 Å². The predicted molar refractivity (Wildman–Crippen MR) is 105 cm³/mol. The maximum absolute atomic E-state index is 12.7. The first-order valence-corrected chi connectivity index (χ1v) is 9.26. The van der Waals surface area contributed by atoms with Gasteiger partial charge < -0.3 is 20.3 Å². The molecular formula is C20H28N4O3. The zero-order valence-electron chi connectivity index (χ0n) is 16.4. The van der Waals surface area contributed by atoms with Crippen LogP contribution in [0.4, 0.5) is 0 Å². The van der Waals surface area contributed by atoms with Crippen molar-refractivity contribution in [3.05, 3.63) is 35.0 Å². The van der Waals surface area contributed by atoms with Crippen LogP contribution in [0.25, 0.3) is 10.9 Å². The average Bonchev–Trinajstić information content (AvgIpc) is 2.91. The molecule has 7 nitrogen and oxygen atoms in total. The molecule has 2 heterocycles. The number of aliphatic hydroxyl groups excluding tert-OH is 1. The van der Waals surface area contributed by atoms with Crippen LogP contribution >= 0.6 is 0 Å². The number of hydrogen-bond donors (Lipinski definition) is 3. The third-order valence-electron chi connectivity index (χ3n) is 5.41. The minimum absolute atomic E-state index is 0.00940. The second kappa shape index (κ2) is 7.70. The summed E-state index contributed by atoms with van der Waals surface area (Å²) in [5.41, 5.74) is 3.83. The first kappa shape index (κ1) is 19.4. The van der Waals surface area contributed by atoms with Crippen molar-refractivity contribution < 1.29 is 14.7 Å². The molecule has 0 unspecified atom stereocenters. The number of β-amino-alcohol motifs (C(OH)–C–C–N with tert-alkyl or cyclic N) is 1. The second-order valence-electron chi connectivity index (χ2n) is 7.59. The molecule has 2 aromatic rings. The van der Waals surface area contributed by atoms with Crippen LogP contribution < -0.4 is 5.32 Å². The van der Waals surface area contributed by atoms with Gasteiger partial charge in [-0.2, -0.15) is 0 Å². The highest BCUT2D eigenvalue weighted by Gasteiger charge is 2.30. The van der Waals surface area contributed by atoms with E-state index >= 15 is 0 Å². The van der Waals surface area contributed by atoms with Gasteiger partial charge in [0.15, 0.2) is 0 Å². The summed E-state index contributed by atoms with van der Waals surface area (Å²) >= 11 is 0. The Kier molecular flexibility index (Phi) is 5.53. The third-order valence-corrected chi connectivity index (χ3v) is 5.41.